The van der Waals surface area contributed by atoms with Gasteiger partial charge >= 0.3 is 5.97 Å². The van der Waals surface area contributed by atoms with Gasteiger partial charge in [-0.25, -0.2) is 9.18 Å². The van der Waals surface area contributed by atoms with E-state index < -0.39 is 5.97 Å². The maximum absolute atomic E-state index is 14.9. The van der Waals surface area contributed by atoms with Crippen LogP contribution < -0.4 is 4.90 Å². The number of allylic oxidation sites excluding steroid dienone is 4. The number of carboxylic acids is 1. The Morgan fingerprint density at radius 3 is 2.52 bits per heavy atom. The molecule has 0 saturated carbocycles. The van der Waals surface area contributed by atoms with Crippen LogP contribution in [0.15, 0.2) is 60.7 Å². The summed E-state index contributed by atoms with van der Waals surface area (Å²) in [5.74, 6) is -0.00781. The Morgan fingerprint density at radius 1 is 1.00 bits per heavy atom. The van der Waals surface area contributed by atoms with E-state index in [0.29, 0.717) is 11.5 Å². The molecule has 4 aliphatic rings. The van der Waals surface area contributed by atoms with Crippen LogP contribution in [0, 0.1) is 17.7 Å². The van der Waals surface area contributed by atoms with Crippen LogP contribution in [0.4, 0.5) is 10.1 Å². The molecular weight excluding hydrogens is 365 g/mol. The molecule has 29 heavy (non-hydrogen) atoms. The Hall–Kier alpha value is -2.88. The summed E-state index contributed by atoms with van der Waals surface area (Å²) in [6.45, 7) is 0.881. The van der Waals surface area contributed by atoms with Crippen molar-refractivity contribution in [3.05, 3.63) is 88.8 Å². The number of hydrogen-bond donors (Lipinski definition) is 1. The molecule has 0 saturated heterocycles. The van der Waals surface area contributed by atoms with E-state index in [1.54, 1.807) is 12.1 Å². The number of hydrogen-bond acceptors (Lipinski definition) is 2. The van der Waals surface area contributed by atoms with E-state index in [1.807, 2.05) is 24.3 Å². The molecule has 2 aliphatic heterocycles. The van der Waals surface area contributed by atoms with Crippen LogP contribution in [0.25, 0.3) is 0 Å². The minimum Gasteiger partial charge on any atom is -0.478 e. The largest absolute Gasteiger partial charge is 0.478 e. The molecule has 0 spiro atoms. The summed E-state index contributed by atoms with van der Waals surface area (Å²) in [6.07, 6.45) is 10.7. The molecule has 0 radical (unpaired) electrons. The summed E-state index contributed by atoms with van der Waals surface area (Å²) in [5.41, 5.74) is 4.47. The first kappa shape index (κ1) is 17.0. The van der Waals surface area contributed by atoms with Crippen LogP contribution in [-0.4, -0.2) is 17.6 Å². The highest BCUT2D eigenvalue weighted by atomic mass is 19.1. The molecule has 2 aromatic carbocycles. The summed E-state index contributed by atoms with van der Waals surface area (Å²) in [6, 6.07) is 10.8. The summed E-state index contributed by atoms with van der Waals surface area (Å²) < 4.78 is 14.9. The van der Waals surface area contributed by atoms with Gasteiger partial charge in [0.05, 0.1) is 11.6 Å². The van der Waals surface area contributed by atoms with E-state index >= 15 is 0 Å². The Balaban J connectivity index is 1.62. The van der Waals surface area contributed by atoms with E-state index in [0.717, 1.165) is 41.8 Å². The number of benzene rings is 2. The lowest BCUT2D eigenvalue weighted by molar-refractivity contribution is 0.0696. The first-order chi connectivity index (χ1) is 14.1. The fourth-order valence-electron chi connectivity index (χ4n) is 6.17. The van der Waals surface area contributed by atoms with E-state index in [4.69, 9.17) is 0 Å². The first-order valence-corrected chi connectivity index (χ1v) is 10.4. The lowest BCUT2D eigenvalue weighted by Crippen LogP contribution is -2.46. The zero-order valence-electron chi connectivity index (χ0n) is 16.0. The Bertz CT molecular complexity index is 1070. The number of carbonyl (C=O) groups is 1. The number of fused-ring (bicyclic) bond motifs is 4. The molecule has 0 fully saturated rings. The summed E-state index contributed by atoms with van der Waals surface area (Å²) in [5, 5.41) is 9.74. The molecule has 2 aliphatic carbocycles. The van der Waals surface area contributed by atoms with E-state index in [-0.39, 0.29) is 29.6 Å². The van der Waals surface area contributed by atoms with Gasteiger partial charge in [0, 0.05) is 29.6 Å². The molecule has 2 heterocycles. The quantitative estimate of drug-likeness (QED) is 0.700. The van der Waals surface area contributed by atoms with E-state index in [9.17, 15) is 14.3 Å². The molecule has 1 N–H and O–H groups in total. The highest BCUT2D eigenvalue weighted by Crippen LogP contribution is 2.59. The topological polar surface area (TPSA) is 40.5 Å². The maximum Gasteiger partial charge on any atom is 0.335 e. The lowest BCUT2D eigenvalue weighted by atomic mass is 9.70. The van der Waals surface area contributed by atoms with E-state index in [1.165, 1.54) is 0 Å². The summed E-state index contributed by atoms with van der Waals surface area (Å²) in [7, 11) is 0. The molecule has 5 atom stereocenters. The van der Waals surface area contributed by atoms with Crippen LogP contribution in [0.3, 0.4) is 0 Å². The van der Waals surface area contributed by atoms with Crippen molar-refractivity contribution in [2.24, 2.45) is 11.8 Å². The second kappa shape index (κ2) is 6.06. The normalized spacial score (nSPS) is 30.8. The second-order valence-electron chi connectivity index (χ2n) is 8.73. The lowest BCUT2D eigenvalue weighted by Gasteiger charge is -2.51. The Kier molecular flexibility index (Phi) is 3.55. The van der Waals surface area contributed by atoms with Gasteiger partial charge in [-0.15, -0.1) is 0 Å². The van der Waals surface area contributed by atoms with Crippen LogP contribution in [0.2, 0.25) is 0 Å². The minimum atomic E-state index is -0.880. The van der Waals surface area contributed by atoms with Gasteiger partial charge in [0.15, 0.2) is 0 Å². The van der Waals surface area contributed by atoms with Crippen LogP contribution in [0.5, 0.6) is 0 Å². The SMILES string of the molecule is O=C(O)c1cc2c3c(c1)[C@H]1C=CC[C@H]1[C@@H](c1ccccc1F)N3C[C@H]1CC=C[C@H]21. The van der Waals surface area contributed by atoms with Crippen molar-refractivity contribution in [2.45, 2.75) is 30.7 Å². The third-order valence-corrected chi connectivity index (χ3v) is 7.32. The van der Waals surface area contributed by atoms with Gasteiger partial charge in [0.1, 0.15) is 5.82 Å². The highest BCUT2D eigenvalue weighted by Gasteiger charge is 2.48. The summed E-state index contributed by atoms with van der Waals surface area (Å²) >= 11 is 0. The van der Waals surface area contributed by atoms with Gasteiger partial charge in [0.2, 0.25) is 0 Å². The van der Waals surface area contributed by atoms with Gasteiger partial charge in [-0.05, 0) is 54.0 Å². The van der Waals surface area contributed by atoms with Crippen molar-refractivity contribution in [3.63, 3.8) is 0 Å². The smallest absolute Gasteiger partial charge is 0.335 e. The molecule has 0 bridgehead atoms. The number of nitrogens with zero attached hydrogens (tertiary/aromatic N) is 1. The fourth-order valence-corrected chi connectivity index (χ4v) is 6.17. The Labute approximate surface area is 169 Å². The monoisotopic (exact) mass is 387 g/mol. The van der Waals surface area contributed by atoms with Gasteiger partial charge in [-0.3, -0.25) is 0 Å². The van der Waals surface area contributed by atoms with Crippen molar-refractivity contribution in [1.82, 2.24) is 0 Å². The van der Waals surface area contributed by atoms with Crippen molar-refractivity contribution in [1.29, 1.82) is 0 Å². The van der Waals surface area contributed by atoms with Crippen LogP contribution in [-0.2, 0) is 0 Å². The van der Waals surface area contributed by atoms with Crippen molar-refractivity contribution in [3.8, 4) is 0 Å². The molecule has 146 valence electrons. The van der Waals surface area contributed by atoms with Gasteiger partial charge in [0.25, 0.3) is 0 Å². The zero-order chi connectivity index (χ0) is 19.7. The number of halogens is 1. The van der Waals surface area contributed by atoms with Gasteiger partial charge in [-0.1, -0.05) is 42.5 Å². The maximum atomic E-state index is 14.9. The van der Waals surface area contributed by atoms with Crippen molar-refractivity contribution in [2.75, 3.05) is 11.4 Å². The third kappa shape index (κ3) is 2.32. The predicted molar refractivity (Wildman–Crippen MR) is 110 cm³/mol. The van der Waals surface area contributed by atoms with Gasteiger partial charge in [-0.2, -0.15) is 0 Å². The highest BCUT2D eigenvalue weighted by molar-refractivity contribution is 5.90. The molecule has 0 unspecified atom stereocenters. The number of aromatic carboxylic acids is 1. The number of carboxylic acid groups (broad SMARTS) is 1. The molecule has 3 nitrogen and oxygen atoms in total. The molecular formula is C25H22FNO2. The molecule has 6 rings (SSSR count). The van der Waals surface area contributed by atoms with Crippen molar-refractivity contribution < 1.29 is 14.3 Å². The number of rotatable bonds is 2. The Morgan fingerprint density at radius 2 is 1.72 bits per heavy atom. The summed E-state index contributed by atoms with van der Waals surface area (Å²) in [4.78, 5) is 14.3. The average molecular weight is 387 g/mol. The van der Waals surface area contributed by atoms with Crippen molar-refractivity contribution >= 4 is 11.7 Å². The first-order valence-electron chi connectivity index (χ1n) is 10.4. The second-order valence-corrected chi connectivity index (χ2v) is 8.73. The zero-order valence-corrected chi connectivity index (χ0v) is 16.0. The minimum absolute atomic E-state index is 0.0281. The molecule has 0 aromatic heterocycles. The third-order valence-electron chi connectivity index (χ3n) is 7.32. The van der Waals surface area contributed by atoms with Crippen LogP contribution in [0.1, 0.15) is 57.8 Å². The predicted octanol–water partition coefficient (Wildman–Crippen LogP) is 5.42. The van der Waals surface area contributed by atoms with Crippen LogP contribution >= 0.6 is 0 Å². The van der Waals surface area contributed by atoms with Gasteiger partial charge < -0.3 is 10.0 Å². The molecule has 4 heteroatoms. The fraction of sp³-hybridized carbons (Fsp3) is 0.320. The average Bonchev–Trinajstić information content (AvgIpc) is 3.38. The standard InChI is InChI=1S/C25H22FNO2/c26-22-10-2-1-6-19(22)23-18-9-4-8-17(18)21-12-15(25(28)29)11-20-16-7-3-5-14(16)13-27(23)24(20)21/h1-4,6-8,10-12,14,16-18,23H,5,9,13H2,(H,28,29)/t14-,16+,17+,18-,23+/m1/s1. The number of anilines is 1. The molecule has 0 amide bonds. The van der Waals surface area contributed by atoms with E-state index in [2.05, 4.69) is 29.2 Å². The molecule has 2 aromatic rings.